The Morgan fingerprint density at radius 2 is 1.80 bits per heavy atom. The molecule has 2 aromatic heterocycles. The number of halogens is 7. The van der Waals surface area contributed by atoms with Crippen molar-refractivity contribution in [2.45, 2.75) is 23.0 Å². The smallest absolute Gasteiger partial charge is 0.475 e. The highest BCUT2D eigenvalue weighted by Gasteiger charge is 2.42. The molecular formula is C19H15F7N6O7S. The summed E-state index contributed by atoms with van der Waals surface area (Å²) >= 11 is 1.03. The molecule has 13 nitrogen and oxygen atoms in total. The van der Waals surface area contributed by atoms with E-state index in [0.29, 0.717) is 16.7 Å². The number of hydrogen-bond donors (Lipinski definition) is 4. The number of benzene rings is 1. The average Bonchev–Trinajstić information content (AvgIpc) is 3.45. The number of aliphatic carboxylic acids is 1. The molecule has 21 heteroatoms. The zero-order chi connectivity index (χ0) is 29.9. The Hall–Kier alpha value is -3.98. The molecule has 3 aromatic rings. The summed E-state index contributed by atoms with van der Waals surface area (Å²) in [6.07, 6.45) is -10.1. The Morgan fingerprint density at radius 3 is 2.35 bits per heavy atom. The quantitative estimate of drug-likeness (QED) is 0.172. The van der Waals surface area contributed by atoms with Crippen LogP contribution in [0.15, 0.2) is 37.2 Å². The SMILES string of the molecule is O=C(NCCSc1nonc1-c1noc(=O)n1-c1ccc(F)c(C(F)(F)F)c1)C1(O)CNC1.O=C(O)C(F)(F)F. The largest absolute Gasteiger partial charge is 0.490 e. The predicted molar refractivity (Wildman–Crippen MR) is 116 cm³/mol. The molecule has 0 bridgehead atoms. The minimum Gasteiger partial charge on any atom is -0.475 e. The van der Waals surface area contributed by atoms with Gasteiger partial charge in [0.1, 0.15) is 5.82 Å². The fraction of sp³-hybridized carbons (Fsp3) is 0.368. The molecule has 1 amide bonds. The highest BCUT2D eigenvalue weighted by molar-refractivity contribution is 7.99. The van der Waals surface area contributed by atoms with Crippen molar-refractivity contribution >= 4 is 23.6 Å². The Bertz CT molecular complexity index is 1430. The van der Waals surface area contributed by atoms with Gasteiger partial charge in [-0.2, -0.15) is 26.3 Å². The van der Waals surface area contributed by atoms with E-state index in [-0.39, 0.29) is 47.6 Å². The summed E-state index contributed by atoms with van der Waals surface area (Å²) in [6.45, 7) is 0.426. The monoisotopic (exact) mass is 604 g/mol. The lowest BCUT2D eigenvalue weighted by Gasteiger charge is -2.35. The molecule has 0 unspecified atom stereocenters. The third-order valence-electron chi connectivity index (χ3n) is 4.91. The van der Waals surface area contributed by atoms with Gasteiger partial charge < -0.3 is 20.8 Å². The molecule has 4 rings (SSSR count). The summed E-state index contributed by atoms with van der Waals surface area (Å²) in [5, 5.41) is 33.3. The van der Waals surface area contributed by atoms with Gasteiger partial charge in [-0.1, -0.05) is 16.9 Å². The summed E-state index contributed by atoms with van der Waals surface area (Å²) in [4.78, 5) is 32.9. The summed E-state index contributed by atoms with van der Waals surface area (Å²) in [6, 6.07) is 1.95. The number of β-amino-alcohol motifs (C(OH)–C–C–N with tert-alkyl or cyclic N) is 1. The molecule has 1 aliphatic heterocycles. The fourth-order valence-electron chi connectivity index (χ4n) is 2.91. The number of hydrogen-bond acceptors (Lipinski definition) is 11. The van der Waals surface area contributed by atoms with E-state index in [1.54, 1.807) is 0 Å². The number of carboxylic acids is 1. The fourth-order valence-corrected chi connectivity index (χ4v) is 3.66. The molecule has 0 saturated carbocycles. The van der Waals surface area contributed by atoms with Crippen LogP contribution < -0.4 is 16.4 Å². The molecule has 4 N–H and O–H groups in total. The molecule has 1 saturated heterocycles. The van der Waals surface area contributed by atoms with E-state index in [1.165, 1.54) is 0 Å². The maximum atomic E-state index is 13.6. The third kappa shape index (κ3) is 6.96. The van der Waals surface area contributed by atoms with Crippen LogP contribution >= 0.6 is 11.8 Å². The van der Waals surface area contributed by atoms with Gasteiger partial charge in [-0.25, -0.2) is 23.2 Å². The number of carboxylic acid groups (broad SMARTS) is 1. The second kappa shape index (κ2) is 11.6. The third-order valence-corrected chi connectivity index (χ3v) is 5.86. The molecule has 1 fully saturated rings. The van der Waals surface area contributed by atoms with Gasteiger partial charge in [0.05, 0.1) is 11.3 Å². The number of rotatable bonds is 7. The molecular weight excluding hydrogens is 589 g/mol. The minimum atomic E-state index is -5.08. The van der Waals surface area contributed by atoms with Crippen LogP contribution in [0.4, 0.5) is 30.7 Å². The van der Waals surface area contributed by atoms with E-state index in [9.17, 15) is 45.4 Å². The van der Waals surface area contributed by atoms with Crippen molar-refractivity contribution in [1.82, 2.24) is 30.7 Å². The number of nitrogens with zero attached hydrogens (tertiary/aromatic N) is 4. The second-order valence-corrected chi connectivity index (χ2v) is 8.81. The van der Waals surface area contributed by atoms with Crippen LogP contribution in [0, 0.1) is 5.82 Å². The van der Waals surface area contributed by atoms with Crippen LogP contribution in [0.3, 0.4) is 0 Å². The Balaban J connectivity index is 0.000000559. The van der Waals surface area contributed by atoms with Gasteiger partial charge in [0.2, 0.25) is 5.82 Å². The van der Waals surface area contributed by atoms with Crippen LogP contribution in [0.1, 0.15) is 5.56 Å². The molecule has 3 heterocycles. The Labute approximate surface area is 220 Å². The number of carbonyl (C=O) groups excluding carboxylic acids is 1. The number of amides is 1. The number of nitrogens with one attached hydrogen (secondary N) is 2. The van der Waals surface area contributed by atoms with Crippen molar-refractivity contribution in [1.29, 1.82) is 0 Å². The van der Waals surface area contributed by atoms with E-state index in [0.717, 1.165) is 17.8 Å². The first-order valence-corrected chi connectivity index (χ1v) is 11.5. The number of carbonyl (C=O) groups is 2. The van der Waals surface area contributed by atoms with E-state index in [2.05, 4.69) is 35.3 Å². The van der Waals surface area contributed by atoms with Crippen molar-refractivity contribution in [3.8, 4) is 17.2 Å². The number of aliphatic hydroxyl groups is 1. The van der Waals surface area contributed by atoms with Gasteiger partial charge in [0, 0.05) is 25.4 Å². The Morgan fingerprint density at radius 1 is 1.15 bits per heavy atom. The van der Waals surface area contributed by atoms with E-state index in [1.807, 2.05) is 0 Å². The first-order valence-electron chi connectivity index (χ1n) is 10.5. The van der Waals surface area contributed by atoms with E-state index in [4.69, 9.17) is 9.90 Å². The van der Waals surface area contributed by atoms with Gasteiger partial charge >= 0.3 is 24.1 Å². The summed E-state index contributed by atoms with van der Waals surface area (Å²) in [5.41, 5.74) is -3.51. The highest BCUT2D eigenvalue weighted by Crippen LogP contribution is 2.34. The topological polar surface area (TPSA) is 186 Å². The lowest BCUT2D eigenvalue weighted by Crippen LogP contribution is -2.67. The first kappa shape index (κ1) is 30.6. The van der Waals surface area contributed by atoms with E-state index >= 15 is 0 Å². The highest BCUT2D eigenvalue weighted by atomic mass is 32.2. The van der Waals surface area contributed by atoms with Gasteiger partial charge in [-0.05, 0) is 28.5 Å². The molecule has 1 aliphatic rings. The molecule has 0 aliphatic carbocycles. The molecule has 0 radical (unpaired) electrons. The van der Waals surface area contributed by atoms with Crippen LogP contribution in [0.2, 0.25) is 0 Å². The first-order chi connectivity index (χ1) is 18.5. The normalized spacial score (nSPS) is 14.6. The number of alkyl halides is 6. The standard InChI is InChI=1S/C17H14F4N6O5S.C2HF3O2/c18-10-2-1-8(5-9(10)17(19,20)21)27-12(25-31-15(27)29)11-13(26-32-24-11)33-4-3-23-14(28)16(30)6-22-7-16;3-2(4,5)1(6)7/h1-2,5,22,30H,3-4,6-7H2,(H,23,28);(H,6,7). The maximum Gasteiger partial charge on any atom is 0.490 e. The summed E-state index contributed by atoms with van der Waals surface area (Å²) in [7, 11) is 0. The van der Waals surface area contributed by atoms with Crippen molar-refractivity contribution in [3.63, 3.8) is 0 Å². The van der Waals surface area contributed by atoms with Crippen molar-refractivity contribution < 1.29 is 59.7 Å². The van der Waals surface area contributed by atoms with E-state index < -0.39 is 47.0 Å². The van der Waals surface area contributed by atoms with Crippen molar-refractivity contribution in [2.24, 2.45) is 0 Å². The average molecular weight is 604 g/mol. The lowest BCUT2D eigenvalue weighted by molar-refractivity contribution is -0.192. The van der Waals surface area contributed by atoms with Gasteiger partial charge in [0.25, 0.3) is 5.91 Å². The van der Waals surface area contributed by atoms with Crippen LogP contribution in [0.25, 0.3) is 17.2 Å². The van der Waals surface area contributed by atoms with Gasteiger partial charge in [-0.3, -0.25) is 9.32 Å². The summed E-state index contributed by atoms with van der Waals surface area (Å²) in [5.74, 6) is -6.02. The summed E-state index contributed by atoms with van der Waals surface area (Å²) < 4.78 is 94.5. The zero-order valence-electron chi connectivity index (χ0n) is 19.3. The van der Waals surface area contributed by atoms with Crippen molar-refractivity contribution in [3.05, 3.63) is 40.1 Å². The second-order valence-electron chi connectivity index (χ2n) is 7.73. The van der Waals surface area contributed by atoms with Gasteiger partial charge in [0.15, 0.2) is 16.3 Å². The molecule has 0 atom stereocenters. The lowest BCUT2D eigenvalue weighted by atomic mass is 9.96. The zero-order valence-corrected chi connectivity index (χ0v) is 20.2. The predicted octanol–water partition coefficient (Wildman–Crippen LogP) is 1.21. The van der Waals surface area contributed by atoms with Crippen LogP contribution in [-0.2, 0) is 15.8 Å². The number of thioether (sulfide) groups is 1. The van der Waals surface area contributed by atoms with Gasteiger partial charge in [-0.15, -0.1) is 0 Å². The molecule has 218 valence electrons. The Kier molecular flexibility index (Phi) is 8.89. The maximum absolute atomic E-state index is 13.6. The molecule has 0 spiro atoms. The number of aromatic nitrogens is 4. The van der Waals surface area contributed by atoms with Crippen LogP contribution in [0.5, 0.6) is 0 Å². The van der Waals surface area contributed by atoms with Crippen molar-refractivity contribution in [2.75, 3.05) is 25.4 Å². The van der Waals surface area contributed by atoms with Crippen LogP contribution in [-0.4, -0.2) is 79.3 Å². The molecule has 1 aromatic carbocycles. The minimum absolute atomic E-state index is 0.105. The molecule has 40 heavy (non-hydrogen) atoms.